The van der Waals surface area contributed by atoms with Gasteiger partial charge in [-0.2, -0.15) is 0 Å². The quantitative estimate of drug-likeness (QED) is 0.602. The second-order valence-corrected chi connectivity index (χ2v) is 5.31. The molecule has 0 unspecified atom stereocenters. The molecule has 3 rings (SSSR count). The van der Waals surface area contributed by atoms with Crippen LogP contribution in [0.2, 0.25) is 0 Å². The van der Waals surface area contributed by atoms with Crippen LogP contribution in [0.3, 0.4) is 0 Å². The monoisotopic (exact) mass is 259 g/mol. The highest BCUT2D eigenvalue weighted by atomic mass is 16.2. The third kappa shape index (κ3) is 1.81. The van der Waals surface area contributed by atoms with E-state index in [1.165, 1.54) is 4.90 Å². The van der Waals surface area contributed by atoms with Crippen molar-refractivity contribution in [1.82, 2.24) is 9.80 Å². The van der Waals surface area contributed by atoms with Crippen LogP contribution in [0.5, 0.6) is 0 Å². The molecule has 5 nitrogen and oxygen atoms in total. The molecule has 2 N–H and O–H groups in total. The van der Waals surface area contributed by atoms with Crippen molar-refractivity contribution in [2.24, 2.45) is 0 Å². The lowest BCUT2D eigenvalue weighted by atomic mass is 10.0. The van der Waals surface area contributed by atoms with E-state index >= 15 is 0 Å². The van der Waals surface area contributed by atoms with Crippen molar-refractivity contribution in [1.29, 1.82) is 0 Å². The maximum absolute atomic E-state index is 12.4. The highest BCUT2D eigenvalue weighted by Crippen LogP contribution is 2.31. The fraction of sp³-hybridized carbons (Fsp3) is 0.429. The highest BCUT2D eigenvalue weighted by Gasteiger charge is 2.41. The van der Waals surface area contributed by atoms with Crippen LogP contribution in [0.1, 0.15) is 33.6 Å². The molecular formula is C14H17N3O2. The summed E-state index contributed by atoms with van der Waals surface area (Å²) in [5.74, 6) is -0.439. The van der Waals surface area contributed by atoms with Crippen molar-refractivity contribution >= 4 is 17.5 Å². The number of hydrogen-bond acceptors (Lipinski definition) is 4. The first-order chi connectivity index (χ1) is 9.09. The summed E-state index contributed by atoms with van der Waals surface area (Å²) in [6.45, 7) is 1.76. The first kappa shape index (κ1) is 12.2. The molecule has 0 saturated carbocycles. The second kappa shape index (κ2) is 4.35. The normalized spacial score (nSPS) is 23.8. The molecule has 5 heteroatoms. The van der Waals surface area contributed by atoms with Gasteiger partial charge in [0.1, 0.15) is 0 Å². The van der Waals surface area contributed by atoms with Crippen LogP contribution in [0.4, 0.5) is 5.69 Å². The Hall–Kier alpha value is -1.88. The van der Waals surface area contributed by atoms with Gasteiger partial charge in [0.25, 0.3) is 11.8 Å². The fourth-order valence-corrected chi connectivity index (χ4v) is 3.01. The minimum absolute atomic E-state index is 0.0365. The van der Waals surface area contributed by atoms with Crippen LogP contribution >= 0.6 is 0 Å². The van der Waals surface area contributed by atoms with Crippen molar-refractivity contribution in [3.05, 3.63) is 29.3 Å². The zero-order valence-corrected chi connectivity index (χ0v) is 10.9. The number of imide groups is 1. The van der Waals surface area contributed by atoms with Gasteiger partial charge in [0, 0.05) is 12.2 Å². The van der Waals surface area contributed by atoms with Crippen LogP contribution in [-0.4, -0.2) is 47.8 Å². The molecule has 2 aliphatic rings. The minimum Gasteiger partial charge on any atom is -0.398 e. The molecule has 1 fully saturated rings. The molecule has 0 radical (unpaired) electrons. The molecule has 19 heavy (non-hydrogen) atoms. The van der Waals surface area contributed by atoms with Gasteiger partial charge in [-0.15, -0.1) is 0 Å². The van der Waals surface area contributed by atoms with Crippen LogP contribution in [0.15, 0.2) is 18.2 Å². The molecule has 2 amide bonds. The first-order valence-corrected chi connectivity index (χ1v) is 6.54. The third-order valence-corrected chi connectivity index (χ3v) is 3.94. The number of fused-ring (bicyclic) bond motifs is 1. The number of rotatable bonds is 1. The predicted molar refractivity (Wildman–Crippen MR) is 71.9 cm³/mol. The smallest absolute Gasteiger partial charge is 0.263 e. The second-order valence-electron chi connectivity index (χ2n) is 5.31. The number of carbonyl (C=O) groups excluding carboxylic acids is 2. The lowest BCUT2D eigenvalue weighted by molar-refractivity contribution is 0.0503. The van der Waals surface area contributed by atoms with Crippen LogP contribution in [0.25, 0.3) is 0 Å². The molecule has 1 atom stereocenters. The Kier molecular flexibility index (Phi) is 2.78. The number of piperidine rings is 1. The number of amides is 2. The zero-order valence-electron chi connectivity index (χ0n) is 10.9. The zero-order chi connectivity index (χ0) is 13.6. The maximum atomic E-state index is 12.4. The van der Waals surface area contributed by atoms with Crippen molar-refractivity contribution < 1.29 is 9.59 Å². The summed E-state index contributed by atoms with van der Waals surface area (Å²) in [7, 11) is 2.01. The number of hydrogen-bond donors (Lipinski definition) is 1. The van der Waals surface area contributed by atoms with E-state index in [1.807, 2.05) is 7.05 Å². The molecule has 1 saturated heterocycles. The summed E-state index contributed by atoms with van der Waals surface area (Å²) in [6, 6.07) is 5.03. The molecule has 1 aromatic rings. The van der Waals surface area contributed by atoms with E-state index in [-0.39, 0.29) is 17.9 Å². The molecule has 0 spiro atoms. The Labute approximate surface area is 112 Å². The number of nitrogens with two attached hydrogens (primary N) is 1. The van der Waals surface area contributed by atoms with Gasteiger partial charge in [-0.05, 0) is 38.6 Å². The lowest BCUT2D eigenvalue weighted by Gasteiger charge is -2.34. The van der Waals surface area contributed by atoms with Gasteiger partial charge < -0.3 is 10.6 Å². The minimum atomic E-state index is -0.238. The average molecular weight is 259 g/mol. The Balaban J connectivity index is 1.96. The molecule has 1 aromatic carbocycles. The maximum Gasteiger partial charge on any atom is 0.263 e. The third-order valence-electron chi connectivity index (χ3n) is 3.94. The van der Waals surface area contributed by atoms with Gasteiger partial charge in [0.2, 0.25) is 0 Å². The summed E-state index contributed by atoms with van der Waals surface area (Å²) in [4.78, 5) is 28.4. The van der Waals surface area contributed by atoms with Crippen molar-refractivity contribution in [2.45, 2.75) is 18.9 Å². The van der Waals surface area contributed by atoms with Gasteiger partial charge in [0.05, 0.1) is 17.2 Å². The van der Waals surface area contributed by atoms with Gasteiger partial charge in [-0.1, -0.05) is 6.07 Å². The first-order valence-electron chi connectivity index (χ1n) is 6.54. The number of benzene rings is 1. The molecule has 0 aromatic heterocycles. The molecule has 2 aliphatic heterocycles. The molecule has 0 bridgehead atoms. The summed E-state index contributed by atoms with van der Waals surface area (Å²) in [5, 5.41) is 0. The van der Waals surface area contributed by atoms with Crippen molar-refractivity contribution in [2.75, 3.05) is 25.9 Å². The standard InChI is InChI=1S/C14H17N3O2/c1-16-7-3-4-9(8-16)17-13(18)10-5-2-6-11(15)12(10)14(17)19/h2,5-6,9H,3-4,7-8,15H2,1H3/t9-/m1/s1. The number of likely N-dealkylation sites (tertiary alicyclic amines) is 1. The van der Waals surface area contributed by atoms with Crippen molar-refractivity contribution in [3.63, 3.8) is 0 Å². The van der Waals surface area contributed by atoms with Crippen LogP contribution in [-0.2, 0) is 0 Å². The number of nitrogen functional groups attached to an aromatic ring is 1. The average Bonchev–Trinajstić information content (AvgIpc) is 2.63. The van der Waals surface area contributed by atoms with E-state index in [1.54, 1.807) is 18.2 Å². The molecular weight excluding hydrogens is 242 g/mol. The van der Waals surface area contributed by atoms with Gasteiger partial charge >= 0.3 is 0 Å². The van der Waals surface area contributed by atoms with Gasteiger partial charge in [-0.3, -0.25) is 14.5 Å². The number of anilines is 1. The predicted octanol–water partition coefficient (Wildman–Crippen LogP) is 0.959. The number of carbonyl (C=O) groups is 2. The van der Waals surface area contributed by atoms with E-state index in [2.05, 4.69) is 4.90 Å². The van der Waals surface area contributed by atoms with Crippen LogP contribution < -0.4 is 5.73 Å². The largest absolute Gasteiger partial charge is 0.398 e. The van der Waals surface area contributed by atoms with Gasteiger partial charge in [-0.25, -0.2) is 0 Å². The molecule has 100 valence electrons. The summed E-state index contributed by atoms with van der Waals surface area (Å²) in [6.07, 6.45) is 1.87. The molecule has 2 heterocycles. The van der Waals surface area contributed by atoms with E-state index in [0.29, 0.717) is 16.8 Å². The van der Waals surface area contributed by atoms with Crippen LogP contribution in [0, 0.1) is 0 Å². The Morgan fingerprint density at radius 2 is 2.05 bits per heavy atom. The Morgan fingerprint density at radius 3 is 2.74 bits per heavy atom. The van der Waals surface area contributed by atoms with E-state index in [0.717, 1.165) is 25.9 Å². The number of nitrogens with zero attached hydrogens (tertiary/aromatic N) is 2. The van der Waals surface area contributed by atoms with E-state index in [9.17, 15) is 9.59 Å². The van der Waals surface area contributed by atoms with E-state index < -0.39 is 0 Å². The van der Waals surface area contributed by atoms with Gasteiger partial charge in [0.15, 0.2) is 0 Å². The number of likely N-dealkylation sites (N-methyl/N-ethyl adjacent to an activating group) is 1. The Morgan fingerprint density at radius 1 is 1.26 bits per heavy atom. The van der Waals surface area contributed by atoms with Crippen molar-refractivity contribution in [3.8, 4) is 0 Å². The lowest BCUT2D eigenvalue weighted by Crippen LogP contribution is -2.49. The van der Waals surface area contributed by atoms with E-state index in [4.69, 9.17) is 5.73 Å². The highest BCUT2D eigenvalue weighted by molar-refractivity contribution is 6.23. The topological polar surface area (TPSA) is 66.6 Å². The fourth-order valence-electron chi connectivity index (χ4n) is 3.01. The summed E-state index contributed by atoms with van der Waals surface area (Å²) in [5.41, 5.74) is 7.04. The summed E-state index contributed by atoms with van der Waals surface area (Å²) >= 11 is 0. The summed E-state index contributed by atoms with van der Waals surface area (Å²) < 4.78 is 0. The molecule has 0 aliphatic carbocycles. The SMILES string of the molecule is CN1CCC[C@@H](N2C(=O)c3cccc(N)c3C2=O)C1. The Bertz CT molecular complexity index is 556.